The number of carbonyl (C=O) groups excluding carboxylic acids is 3. The van der Waals surface area contributed by atoms with Gasteiger partial charge in [-0.15, -0.1) is 0 Å². The number of hydrogen-bond acceptors (Lipinski definition) is 11. The molecule has 1 saturated carbocycles. The number of hydrogen-bond donors (Lipinski definition) is 2. The molecule has 2 saturated heterocycles. The lowest BCUT2D eigenvalue weighted by atomic mass is 9.47. The van der Waals surface area contributed by atoms with Gasteiger partial charge in [-0.25, -0.2) is 13.6 Å². The van der Waals surface area contributed by atoms with Crippen molar-refractivity contribution in [1.82, 2.24) is 14.8 Å². The number of methoxy groups -OCH3 is 3. The second kappa shape index (κ2) is 13.5. The molecule has 10 atom stereocenters. The number of anilines is 1. The number of aromatic amines is 1. The summed E-state index contributed by atoms with van der Waals surface area (Å²) < 4.78 is 78.8. The van der Waals surface area contributed by atoms with Crippen molar-refractivity contribution in [2.24, 2.45) is 17.3 Å². The molecular formula is C45H54F2N4O8. The standard InChI is InChI=1S/C45H54F2N4O8/c1-8-42-14-11-16-51-17-15-43(36(42)51)30-19-31(34(56-5)20-33(30)49(4)37(43)45(55,40(54)58-7)38(42)59-25(2)52)44(39(53)57-6)21-26-18-27(41(3,46)47)23-50(22-26)24-29-28-12-9-10-13-32(28)48-35(29)44/h9-14,19-20,26-27,36-38,48,55H,8,15-18,21-24H2,1-7H3/t26?,27-,36?,37?,38-,42-,43-,44+,45+/m1/s1/i6D3. The number of esters is 3. The second-order valence-electron chi connectivity index (χ2n) is 17.9. The third-order valence-electron chi connectivity index (χ3n) is 15.2. The van der Waals surface area contributed by atoms with E-state index in [9.17, 15) is 14.7 Å². The van der Waals surface area contributed by atoms with Crippen molar-refractivity contribution in [1.29, 1.82) is 0 Å². The largest absolute Gasteiger partial charge is 0.496 e. The predicted molar refractivity (Wildman–Crippen MR) is 214 cm³/mol. The number of halogens is 2. The third-order valence-corrected chi connectivity index (χ3v) is 15.2. The van der Waals surface area contributed by atoms with E-state index in [0.29, 0.717) is 60.5 Å². The summed E-state index contributed by atoms with van der Waals surface area (Å²) in [6.07, 6.45) is 3.29. The molecule has 1 aromatic heterocycles. The summed E-state index contributed by atoms with van der Waals surface area (Å²) in [6, 6.07) is 9.49. The molecule has 6 heterocycles. The number of H-pyrrole nitrogens is 1. The van der Waals surface area contributed by atoms with Crippen molar-refractivity contribution < 1.29 is 51.3 Å². The van der Waals surface area contributed by atoms with Gasteiger partial charge in [-0.1, -0.05) is 37.3 Å². The van der Waals surface area contributed by atoms with E-state index in [2.05, 4.69) is 9.88 Å². The maximum Gasteiger partial charge on any atom is 0.344 e. The Labute approximate surface area is 347 Å². The Balaban J connectivity index is 1.37. The van der Waals surface area contributed by atoms with E-state index in [1.807, 2.05) is 59.2 Å². The molecule has 4 unspecified atom stereocenters. The van der Waals surface area contributed by atoms with Gasteiger partial charge in [0.1, 0.15) is 11.2 Å². The van der Waals surface area contributed by atoms with E-state index >= 15 is 13.6 Å². The number of aromatic nitrogens is 1. The van der Waals surface area contributed by atoms with Gasteiger partial charge in [0, 0.05) is 96.9 Å². The molecular weight excluding hydrogens is 763 g/mol. The molecule has 14 heteroatoms. The van der Waals surface area contributed by atoms with Crippen LogP contribution in [-0.2, 0) is 46.0 Å². The number of carbonyl (C=O) groups is 3. The number of rotatable bonds is 7. The number of nitrogens with one attached hydrogen (secondary N) is 1. The fraction of sp³-hybridized carbons (Fsp3) is 0.578. The number of nitrogens with zero attached hydrogens (tertiary/aromatic N) is 3. The molecule has 5 aliphatic heterocycles. The summed E-state index contributed by atoms with van der Waals surface area (Å²) in [5.74, 6) is -7.19. The number of benzene rings is 2. The molecule has 2 aromatic carbocycles. The summed E-state index contributed by atoms with van der Waals surface area (Å²) >= 11 is 0. The van der Waals surface area contributed by atoms with Crippen LogP contribution in [0.25, 0.3) is 10.9 Å². The van der Waals surface area contributed by atoms with Crippen LogP contribution < -0.4 is 9.64 Å². The molecule has 59 heavy (non-hydrogen) atoms. The zero-order valence-corrected chi connectivity index (χ0v) is 34.3. The van der Waals surface area contributed by atoms with Gasteiger partial charge >= 0.3 is 17.9 Å². The van der Waals surface area contributed by atoms with Crippen LogP contribution in [0.15, 0.2) is 48.6 Å². The molecule has 2 N–H and O–H groups in total. The second-order valence-corrected chi connectivity index (χ2v) is 17.9. The van der Waals surface area contributed by atoms with Crippen molar-refractivity contribution in [3.8, 4) is 5.75 Å². The van der Waals surface area contributed by atoms with Crippen LogP contribution in [0.2, 0.25) is 0 Å². The smallest absolute Gasteiger partial charge is 0.344 e. The molecule has 2 bridgehead atoms. The quantitative estimate of drug-likeness (QED) is 0.188. The van der Waals surface area contributed by atoms with Crippen molar-refractivity contribution in [3.63, 3.8) is 0 Å². The topological polar surface area (TPSA) is 134 Å². The average molecular weight is 820 g/mol. The molecule has 6 aliphatic rings. The van der Waals surface area contributed by atoms with Gasteiger partial charge in [0.2, 0.25) is 11.5 Å². The lowest BCUT2D eigenvalue weighted by Crippen LogP contribution is -2.81. The molecule has 316 valence electrons. The van der Waals surface area contributed by atoms with E-state index in [0.717, 1.165) is 12.3 Å². The van der Waals surface area contributed by atoms with Crippen molar-refractivity contribution in [2.45, 2.75) is 93.5 Å². The van der Waals surface area contributed by atoms with E-state index < -0.39 is 82.7 Å². The minimum Gasteiger partial charge on any atom is -0.496 e. The Morgan fingerprint density at radius 2 is 1.86 bits per heavy atom. The molecule has 9 rings (SSSR count). The number of alkyl halides is 2. The zero-order chi connectivity index (χ0) is 44.5. The SMILES string of the molecule is [2H]C([2H])([2H])OC(=O)[C@]1(c2cc3c(cc2OC)N(C)C2[C@]34CCN3CC=C[C@](CC)(C34)[C@@H](OC(C)=O)[C@]2(O)C(=O)OC)CC2C[C@@H](C(C)(F)F)CN(Cc3c1[nH]c1ccccc31)C2. The molecule has 3 fully saturated rings. The summed E-state index contributed by atoms with van der Waals surface area (Å²) in [7, 11) is 1.19. The number of ether oxygens (including phenoxy) is 4. The summed E-state index contributed by atoms with van der Waals surface area (Å²) in [4.78, 5) is 52.5. The molecule has 3 aromatic rings. The van der Waals surface area contributed by atoms with Crippen LogP contribution in [0.5, 0.6) is 5.75 Å². The molecule has 12 nitrogen and oxygen atoms in total. The van der Waals surface area contributed by atoms with Gasteiger partial charge in [-0.2, -0.15) is 0 Å². The van der Waals surface area contributed by atoms with Crippen molar-refractivity contribution in [3.05, 3.63) is 70.9 Å². The first-order chi connectivity index (χ1) is 29.2. The Hall–Kier alpha value is -4.53. The van der Waals surface area contributed by atoms with Crippen LogP contribution in [0.3, 0.4) is 0 Å². The first kappa shape index (κ1) is 36.3. The van der Waals surface area contributed by atoms with Crippen LogP contribution in [0, 0.1) is 17.3 Å². The van der Waals surface area contributed by atoms with Gasteiger partial charge in [0.25, 0.3) is 0 Å². The molecule has 1 spiro atoms. The summed E-state index contributed by atoms with van der Waals surface area (Å²) in [5.41, 5.74) is -3.42. The Bertz CT molecular complexity index is 2390. The van der Waals surface area contributed by atoms with Gasteiger partial charge < -0.3 is 33.9 Å². The highest BCUT2D eigenvalue weighted by atomic mass is 19.3. The average Bonchev–Trinajstić information content (AvgIpc) is 3.86. The zero-order valence-electron chi connectivity index (χ0n) is 37.3. The minimum absolute atomic E-state index is 0.0620. The number of fused-ring (bicyclic) bond motifs is 6. The van der Waals surface area contributed by atoms with Crippen LogP contribution in [-0.4, -0.2) is 122 Å². The minimum atomic E-state index is -3.18. The summed E-state index contributed by atoms with van der Waals surface area (Å²) in [6.45, 7) is 5.86. The van der Waals surface area contributed by atoms with E-state index in [1.54, 1.807) is 13.1 Å². The Morgan fingerprint density at radius 1 is 1.08 bits per heavy atom. The van der Waals surface area contributed by atoms with Gasteiger partial charge in [0.05, 0.1) is 31.4 Å². The number of piperidine rings is 1. The first-order valence-corrected chi connectivity index (χ1v) is 20.5. The van der Waals surface area contributed by atoms with E-state index in [4.69, 9.17) is 23.1 Å². The Kier molecular flexibility index (Phi) is 8.31. The van der Waals surface area contributed by atoms with Crippen LogP contribution >= 0.6 is 0 Å². The number of likely N-dealkylation sites (N-methyl/N-ethyl adjacent to an activating group) is 1. The maximum absolute atomic E-state index is 15.5. The Morgan fingerprint density at radius 3 is 2.56 bits per heavy atom. The van der Waals surface area contributed by atoms with Gasteiger partial charge in [-0.3, -0.25) is 19.4 Å². The van der Waals surface area contributed by atoms with E-state index in [-0.39, 0.29) is 37.2 Å². The van der Waals surface area contributed by atoms with E-state index in [1.165, 1.54) is 21.1 Å². The third kappa shape index (κ3) is 5.17. The van der Waals surface area contributed by atoms with Crippen LogP contribution in [0.1, 0.15) is 73.0 Å². The fourth-order valence-electron chi connectivity index (χ4n) is 13.1. The highest BCUT2D eigenvalue weighted by Crippen LogP contribution is 2.68. The predicted octanol–water partition coefficient (Wildman–Crippen LogP) is 5.08. The normalized spacial score (nSPS) is 36.8. The lowest BCUT2D eigenvalue weighted by Gasteiger charge is -2.63. The number of para-hydroxylation sites is 1. The molecule has 0 amide bonds. The molecule has 1 aliphatic carbocycles. The fourth-order valence-corrected chi connectivity index (χ4v) is 13.1. The number of aliphatic hydroxyl groups is 1. The van der Waals surface area contributed by atoms with Crippen LogP contribution in [0.4, 0.5) is 14.5 Å². The van der Waals surface area contributed by atoms with Gasteiger partial charge in [-0.05, 0) is 68.3 Å². The monoisotopic (exact) mass is 819 g/mol. The highest BCUT2D eigenvalue weighted by molar-refractivity contribution is 5.95. The molecule has 0 radical (unpaired) electrons. The maximum atomic E-state index is 15.5. The summed E-state index contributed by atoms with van der Waals surface area (Å²) in [5, 5.41) is 14.1. The van der Waals surface area contributed by atoms with Crippen molar-refractivity contribution in [2.75, 3.05) is 59.4 Å². The first-order valence-electron chi connectivity index (χ1n) is 22.0. The van der Waals surface area contributed by atoms with Crippen molar-refractivity contribution >= 4 is 34.5 Å². The van der Waals surface area contributed by atoms with Gasteiger partial charge in [0.15, 0.2) is 6.10 Å². The highest BCUT2D eigenvalue weighted by Gasteiger charge is 2.80. The lowest BCUT2D eigenvalue weighted by molar-refractivity contribution is -0.228.